The fraction of sp³-hybridized carbons (Fsp3) is 0.111. The predicted molar refractivity (Wildman–Crippen MR) is 102 cm³/mol. The highest BCUT2D eigenvalue weighted by Gasteiger charge is 2.32. The third-order valence-corrected chi connectivity index (χ3v) is 4.23. The first kappa shape index (κ1) is 19.7. The van der Waals surface area contributed by atoms with Crippen molar-refractivity contribution in [3.63, 3.8) is 0 Å². The normalized spacial score (nSPS) is 11.2. The zero-order chi connectivity index (χ0) is 20.3. The highest BCUT2D eigenvalue weighted by Crippen LogP contribution is 2.31. The van der Waals surface area contributed by atoms with Crippen molar-refractivity contribution < 1.29 is 22.7 Å². The van der Waals surface area contributed by atoms with Crippen LogP contribution in [0.1, 0.15) is 0 Å². The number of anilines is 2. The highest BCUT2D eigenvalue weighted by molar-refractivity contribution is 9.10. The Morgan fingerprint density at radius 2 is 1.89 bits per heavy atom. The van der Waals surface area contributed by atoms with Gasteiger partial charge in [-0.1, -0.05) is 24.3 Å². The topological polar surface area (TPSA) is 68.2 Å². The van der Waals surface area contributed by atoms with Crippen LogP contribution in [0.4, 0.5) is 29.3 Å². The van der Waals surface area contributed by atoms with Crippen molar-refractivity contribution in [3.05, 3.63) is 59.2 Å². The molecule has 0 saturated carbocycles. The van der Waals surface area contributed by atoms with Gasteiger partial charge in [-0.05, 0) is 40.2 Å². The largest absolute Gasteiger partial charge is 0.573 e. The first-order valence-corrected chi connectivity index (χ1v) is 8.73. The molecule has 6 nitrogen and oxygen atoms in total. The highest BCUT2D eigenvalue weighted by atomic mass is 79.9. The Labute approximate surface area is 166 Å². The molecule has 2 N–H and O–H groups in total. The molecule has 1 heterocycles. The lowest BCUT2D eigenvalue weighted by molar-refractivity contribution is -0.274. The molecule has 0 bridgehead atoms. The van der Waals surface area contributed by atoms with Crippen molar-refractivity contribution in [1.29, 1.82) is 0 Å². The van der Waals surface area contributed by atoms with E-state index in [0.717, 1.165) is 21.8 Å². The molecule has 3 aromatic rings. The van der Waals surface area contributed by atoms with E-state index in [-0.39, 0.29) is 5.69 Å². The summed E-state index contributed by atoms with van der Waals surface area (Å²) in [7, 11) is 1.78. The molecule has 0 fully saturated rings. The number of alkyl halides is 3. The molecule has 2 aromatic carbocycles. The van der Waals surface area contributed by atoms with Gasteiger partial charge in [0.2, 0.25) is 0 Å². The van der Waals surface area contributed by atoms with E-state index in [1.807, 2.05) is 6.07 Å². The van der Waals surface area contributed by atoms with Gasteiger partial charge in [0.15, 0.2) is 5.75 Å². The number of carbonyl (C=O) groups excluding carboxylic acids is 1. The van der Waals surface area contributed by atoms with Crippen molar-refractivity contribution in [2.45, 2.75) is 6.36 Å². The molecule has 0 radical (unpaired) electrons. The second kappa shape index (κ2) is 7.93. The number of benzene rings is 2. The van der Waals surface area contributed by atoms with Gasteiger partial charge in [0.25, 0.3) is 0 Å². The molecule has 146 valence electrons. The van der Waals surface area contributed by atoms with E-state index >= 15 is 0 Å². The molecule has 0 aliphatic rings. The van der Waals surface area contributed by atoms with Crippen molar-refractivity contribution in [1.82, 2.24) is 9.78 Å². The summed E-state index contributed by atoms with van der Waals surface area (Å²) < 4.78 is 43.8. The molecule has 10 heteroatoms. The number of carbonyl (C=O) groups is 1. The van der Waals surface area contributed by atoms with Gasteiger partial charge in [-0.15, -0.1) is 13.2 Å². The van der Waals surface area contributed by atoms with Crippen LogP contribution >= 0.6 is 15.9 Å². The van der Waals surface area contributed by atoms with E-state index in [9.17, 15) is 18.0 Å². The summed E-state index contributed by atoms with van der Waals surface area (Å²) in [5, 5.41) is 9.09. The minimum Gasteiger partial charge on any atom is -0.404 e. The number of nitrogens with one attached hydrogen (secondary N) is 2. The van der Waals surface area contributed by atoms with Crippen LogP contribution in [0.5, 0.6) is 5.75 Å². The van der Waals surface area contributed by atoms with E-state index < -0.39 is 18.1 Å². The number of hydrogen-bond acceptors (Lipinski definition) is 3. The number of amides is 2. The fourth-order valence-electron chi connectivity index (χ4n) is 2.55. The summed E-state index contributed by atoms with van der Waals surface area (Å²) in [5.74, 6) is -0.502. The second-order valence-electron chi connectivity index (χ2n) is 5.67. The Morgan fingerprint density at radius 1 is 1.14 bits per heavy atom. The zero-order valence-corrected chi connectivity index (χ0v) is 16.0. The molecule has 0 aliphatic heterocycles. The number of urea groups is 1. The van der Waals surface area contributed by atoms with Gasteiger partial charge in [0.05, 0.1) is 22.1 Å². The molecule has 0 aliphatic carbocycles. The third kappa shape index (κ3) is 4.83. The van der Waals surface area contributed by atoms with Crippen LogP contribution in [-0.4, -0.2) is 22.2 Å². The Bertz CT molecular complexity index is 985. The minimum absolute atomic E-state index is 0.108. The molecule has 28 heavy (non-hydrogen) atoms. The number of nitrogens with zero attached hydrogens (tertiary/aromatic N) is 2. The summed E-state index contributed by atoms with van der Waals surface area (Å²) in [5.41, 5.74) is 1.96. The quantitative estimate of drug-likeness (QED) is 0.554. The number of rotatable bonds is 4. The van der Waals surface area contributed by atoms with Crippen LogP contribution in [0, 0.1) is 0 Å². The lowest BCUT2D eigenvalue weighted by atomic mass is 10.1. The van der Waals surface area contributed by atoms with E-state index in [4.69, 9.17) is 0 Å². The van der Waals surface area contributed by atoms with Gasteiger partial charge >= 0.3 is 12.4 Å². The Balaban J connectivity index is 1.76. The van der Waals surface area contributed by atoms with Gasteiger partial charge < -0.3 is 15.4 Å². The molecule has 0 saturated heterocycles. The van der Waals surface area contributed by atoms with Gasteiger partial charge in [0, 0.05) is 18.3 Å². The van der Waals surface area contributed by atoms with E-state index in [1.165, 1.54) is 18.2 Å². The van der Waals surface area contributed by atoms with Gasteiger partial charge in [-0.25, -0.2) is 4.79 Å². The number of hydrogen-bond donors (Lipinski definition) is 2. The lowest BCUT2D eigenvalue weighted by Gasteiger charge is -2.14. The molecular weight excluding hydrogens is 441 g/mol. The van der Waals surface area contributed by atoms with Crippen molar-refractivity contribution in [2.75, 3.05) is 10.6 Å². The summed E-state index contributed by atoms with van der Waals surface area (Å²) in [6.07, 6.45) is -3.21. The van der Waals surface area contributed by atoms with Crippen molar-refractivity contribution in [2.24, 2.45) is 7.05 Å². The Hall–Kier alpha value is -3.01. The first-order valence-electron chi connectivity index (χ1n) is 7.93. The maximum Gasteiger partial charge on any atom is 0.573 e. The molecule has 0 spiro atoms. The number of aryl methyl sites for hydroxylation is 1. The molecular formula is C18H14BrF3N4O2. The fourth-order valence-corrected chi connectivity index (χ4v) is 3.13. The summed E-state index contributed by atoms with van der Waals surface area (Å²) >= 11 is 3.42. The van der Waals surface area contributed by atoms with Crippen LogP contribution in [0.15, 0.2) is 59.2 Å². The number of aromatic nitrogens is 2. The summed E-state index contributed by atoms with van der Waals surface area (Å²) in [6, 6.07) is 11.5. The maximum absolute atomic E-state index is 12.5. The molecule has 2 amide bonds. The number of ether oxygens (including phenoxy) is 1. The predicted octanol–water partition coefficient (Wildman–Crippen LogP) is 5.39. The molecule has 1 aromatic heterocycles. The monoisotopic (exact) mass is 454 g/mol. The average molecular weight is 455 g/mol. The lowest BCUT2D eigenvalue weighted by Crippen LogP contribution is -2.22. The summed E-state index contributed by atoms with van der Waals surface area (Å²) in [4.78, 5) is 12.2. The summed E-state index contributed by atoms with van der Waals surface area (Å²) in [6.45, 7) is 0. The number of para-hydroxylation sites is 2. The van der Waals surface area contributed by atoms with Gasteiger partial charge in [-0.3, -0.25) is 4.68 Å². The third-order valence-electron chi connectivity index (χ3n) is 3.65. The van der Waals surface area contributed by atoms with Crippen molar-refractivity contribution in [3.8, 4) is 17.0 Å². The van der Waals surface area contributed by atoms with Crippen LogP contribution < -0.4 is 15.4 Å². The van der Waals surface area contributed by atoms with E-state index in [0.29, 0.717) is 5.69 Å². The smallest absolute Gasteiger partial charge is 0.404 e. The minimum atomic E-state index is -4.86. The molecule has 0 atom stereocenters. The Kier molecular flexibility index (Phi) is 5.59. The van der Waals surface area contributed by atoms with Crippen LogP contribution in [0.25, 0.3) is 11.3 Å². The zero-order valence-electron chi connectivity index (χ0n) is 14.4. The molecule has 3 rings (SSSR count). The van der Waals surface area contributed by atoms with Crippen LogP contribution in [-0.2, 0) is 7.05 Å². The van der Waals surface area contributed by atoms with Crippen LogP contribution in [0.2, 0.25) is 0 Å². The second-order valence-corrected chi connectivity index (χ2v) is 6.52. The first-order chi connectivity index (χ1) is 13.2. The van der Waals surface area contributed by atoms with Gasteiger partial charge in [0.1, 0.15) is 0 Å². The van der Waals surface area contributed by atoms with Gasteiger partial charge in [-0.2, -0.15) is 5.10 Å². The van der Waals surface area contributed by atoms with Crippen LogP contribution in [0.3, 0.4) is 0 Å². The van der Waals surface area contributed by atoms with E-state index in [2.05, 4.69) is 36.4 Å². The standard InChI is InChI=1S/C18H14BrF3N4O2/c1-26-16(13(19)10-23-26)11-5-4-6-12(9-11)24-17(27)25-14-7-2-3-8-15(14)28-18(20,21)22/h2-10H,1H3,(H2,24,25,27). The van der Waals surface area contributed by atoms with E-state index in [1.54, 1.807) is 36.1 Å². The van der Waals surface area contributed by atoms with Crippen molar-refractivity contribution >= 4 is 33.3 Å². The number of halogens is 4. The SMILES string of the molecule is Cn1ncc(Br)c1-c1cccc(NC(=O)Nc2ccccc2OC(F)(F)F)c1. The average Bonchev–Trinajstić information content (AvgIpc) is 2.94. The Morgan fingerprint density at radius 3 is 2.57 bits per heavy atom. The maximum atomic E-state index is 12.5. The molecule has 0 unspecified atom stereocenters.